The van der Waals surface area contributed by atoms with Gasteiger partial charge in [0.15, 0.2) is 5.78 Å². The highest BCUT2D eigenvalue weighted by Gasteiger charge is 2.25. The number of aliphatic hydroxyl groups is 2. The molecule has 170 valence electrons. The van der Waals surface area contributed by atoms with E-state index in [1.165, 1.54) is 6.42 Å². The van der Waals surface area contributed by atoms with Crippen LogP contribution in [0.1, 0.15) is 73.8 Å². The minimum Gasteiger partial charge on any atom is -0.395 e. The predicted molar refractivity (Wildman–Crippen MR) is 129 cm³/mol. The number of allylic oxidation sites excluding steroid dienone is 1. The number of ketones is 1. The number of rotatable bonds is 8. The minimum absolute atomic E-state index is 0.0793. The predicted octanol–water partition coefficient (Wildman–Crippen LogP) is 5.57. The third kappa shape index (κ3) is 5.19. The molecule has 1 fully saturated rings. The molecule has 32 heavy (non-hydrogen) atoms. The lowest BCUT2D eigenvalue weighted by molar-refractivity contribution is 0.101. The van der Waals surface area contributed by atoms with E-state index < -0.39 is 0 Å². The molecule has 0 bridgehead atoms. The van der Waals surface area contributed by atoms with Crippen LogP contribution in [0.2, 0.25) is 0 Å². The van der Waals surface area contributed by atoms with Crippen LogP contribution in [0, 0.1) is 11.8 Å². The molecule has 4 rings (SSSR count). The van der Waals surface area contributed by atoms with Gasteiger partial charge in [0, 0.05) is 34.3 Å². The molecular weight excluding hydrogens is 398 g/mol. The van der Waals surface area contributed by atoms with Gasteiger partial charge in [-0.1, -0.05) is 36.4 Å². The van der Waals surface area contributed by atoms with Crippen molar-refractivity contribution in [3.05, 3.63) is 65.5 Å². The summed E-state index contributed by atoms with van der Waals surface area (Å²) in [5.41, 5.74) is 3.28. The fraction of sp³-hybridized carbons (Fsp3) is 0.500. The summed E-state index contributed by atoms with van der Waals surface area (Å²) >= 11 is 0. The summed E-state index contributed by atoms with van der Waals surface area (Å²) in [6, 6.07) is 7.81. The first-order chi connectivity index (χ1) is 15.6. The van der Waals surface area contributed by atoms with Gasteiger partial charge in [-0.3, -0.25) is 9.78 Å². The van der Waals surface area contributed by atoms with Gasteiger partial charge in [-0.15, -0.1) is 0 Å². The van der Waals surface area contributed by atoms with Crippen LogP contribution in [0.4, 0.5) is 0 Å². The SMILES string of the molecule is C=C(C(=O)c1cccc2cnc(CCC3CCC(O)CC3)cc12)C(CO)C1=CCCCC1. The van der Waals surface area contributed by atoms with Gasteiger partial charge in [-0.05, 0) is 81.6 Å². The molecule has 2 aromatic rings. The van der Waals surface area contributed by atoms with E-state index >= 15 is 0 Å². The summed E-state index contributed by atoms with van der Waals surface area (Å²) in [5, 5.41) is 21.6. The monoisotopic (exact) mass is 433 g/mol. The van der Waals surface area contributed by atoms with Crippen molar-refractivity contribution in [2.75, 3.05) is 6.61 Å². The summed E-state index contributed by atoms with van der Waals surface area (Å²) in [6.07, 6.45) is 14.0. The molecule has 4 heteroatoms. The quantitative estimate of drug-likeness (QED) is 0.324. The lowest BCUT2D eigenvalue weighted by atomic mass is 9.82. The Bertz CT molecular complexity index is 1000. The van der Waals surface area contributed by atoms with Crippen LogP contribution in [0.25, 0.3) is 10.8 Å². The summed E-state index contributed by atoms with van der Waals surface area (Å²) in [6.45, 7) is 4.04. The second-order valence-corrected chi connectivity index (χ2v) is 9.53. The van der Waals surface area contributed by atoms with Crippen molar-refractivity contribution < 1.29 is 15.0 Å². The number of hydrogen-bond acceptors (Lipinski definition) is 4. The number of aryl methyl sites for hydroxylation is 1. The Morgan fingerprint density at radius 2 is 2.00 bits per heavy atom. The number of Topliss-reactive ketones (excluding diaryl/α,β-unsaturated/α-hetero) is 1. The normalized spacial score (nSPS) is 22.4. The van der Waals surface area contributed by atoms with Gasteiger partial charge in [0.25, 0.3) is 0 Å². The molecule has 1 saturated carbocycles. The molecule has 0 spiro atoms. The number of carbonyl (C=O) groups is 1. The smallest absolute Gasteiger partial charge is 0.189 e. The lowest BCUT2D eigenvalue weighted by Gasteiger charge is -2.25. The van der Waals surface area contributed by atoms with Crippen molar-refractivity contribution in [3.63, 3.8) is 0 Å². The maximum Gasteiger partial charge on any atom is 0.189 e. The summed E-state index contributed by atoms with van der Waals surface area (Å²) in [5.74, 6) is 0.266. The van der Waals surface area contributed by atoms with Crippen LogP contribution >= 0.6 is 0 Å². The molecule has 0 radical (unpaired) electrons. The van der Waals surface area contributed by atoms with Gasteiger partial charge >= 0.3 is 0 Å². The zero-order valence-electron chi connectivity index (χ0n) is 18.9. The van der Waals surface area contributed by atoms with Crippen molar-refractivity contribution in [3.8, 4) is 0 Å². The zero-order chi connectivity index (χ0) is 22.5. The number of pyridine rings is 1. The summed E-state index contributed by atoms with van der Waals surface area (Å²) in [7, 11) is 0. The first-order valence-electron chi connectivity index (χ1n) is 12.2. The van der Waals surface area contributed by atoms with E-state index in [2.05, 4.69) is 23.7 Å². The van der Waals surface area contributed by atoms with E-state index in [0.717, 1.165) is 79.8 Å². The lowest BCUT2D eigenvalue weighted by Crippen LogP contribution is -2.20. The third-order valence-electron chi connectivity index (χ3n) is 7.36. The summed E-state index contributed by atoms with van der Waals surface area (Å²) < 4.78 is 0. The Morgan fingerprint density at radius 1 is 1.19 bits per heavy atom. The Labute approximate surface area is 191 Å². The number of aliphatic hydroxyl groups excluding tert-OH is 2. The highest BCUT2D eigenvalue weighted by molar-refractivity contribution is 6.16. The Hall–Kier alpha value is -2.30. The molecule has 1 unspecified atom stereocenters. The van der Waals surface area contributed by atoms with Gasteiger partial charge < -0.3 is 10.2 Å². The van der Waals surface area contributed by atoms with Crippen molar-refractivity contribution in [1.29, 1.82) is 0 Å². The average molecular weight is 434 g/mol. The van der Waals surface area contributed by atoms with Crippen molar-refractivity contribution in [2.24, 2.45) is 11.8 Å². The molecule has 1 heterocycles. The molecule has 1 aromatic carbocycles. The Balaban J connectivity index is 1.53. The molecule has 0 amide bonds. The topological polar surface area (TPSA) is 70.4 Å². The van der Waals surface area contributed by atoms with E-state index in [-0.39, 0.29) is 24.4 Å². The largest absolute Gasteiger partial charge is 0.395 e. The van der Waals surface area contributed by atoms with Crippen LogP contribution in [-0.2, 0) is 6.42 Å². The van der Waals surface area contributed by atoms with E-state index in [1.807, 2.05) is 24.4 Å². The maximum absolute atomic E-state index is 13.5. The van der Waals surface area contributed by atoms with Crippen LogP contribution in [0.5, 0.6) is 0 Å². The summed E-state index contributed by atoms with van der Waals surface area (Å²) in [4.78, 5) is 18.1. The van der Waals surface area contributed by atoms with Gasteiger partial charge in [0.05, 0.1) is 12.7 Å². The van der Waals surface area contributed by atoms with E-state index in [1.54, 1.807) is 0 Å². The van der Waals surface area contributed by atoms with Gasteiger partial charge in [-0.25, -0.2) is 0 Å². The standard InChI is InChI=1S/C28H35NO3/c1-19(27(18-30)21-6-3-2-4-7-21)28(32)25-9-5-8-22-17-29-23(16-26(22)25)13-10-20-11-14-24(31)15-12-20/h5-6,8-9,16-17,20,24,27,30-31H,1-4,7,10-15,18H2. The first-order valence-corrected chi connectivity index (χ1v) is 12.2. The molecule has 0 aliphatic heterocycles. The number of carbonyl (C=O) groups excluding carboxylic acids is 1. The van der Waals surface area contributed by atoms with Gasteiger partial charge in [0.2, 0.25) is 0 Å². The fourth-order valence-corrected chi connectivity index (χ4v) is 5.30. The number of hydrogen-bond donors (Lipinski definition) is 2. The molecule has 2 aliphatic carbocycles. The number of aromatic nitrogens is 1. The van der Waals surface area contributed by atoms with Crippen LogP contribution in [-0.4, -0.2) is 33.7 Å². The molecule has 2 N–H and O–H groups in total. The van der Waals surface area contributed by atoms with Gasteiger partial charge in [0.1, 0.15) is 0 Å². The number of benzene rings is 1. The Morgan fingerprint density at radius 3 is 2.72 bits per heavy atom. The zero-order valence-corrected chi connectivity index (χ0v) is 18.9. The van der Waals surface area contributed by atoms with E-state index in [0.29, 0.717) is 17.1 Å². The molecule has 1 aromatic heterocycles. The maximum atomic E-state index is 13.5. The minimum atomic E-state index is -0.291. The highest BCUT2D eigenvalue weighted by atomic mass is 16.3. The van der Waals surface area contributed by atoms with Crippen LogP contribution < -0.4 is 0 Å². The van der Waals surface area contributed by atoms with E-state index in [4.69, 9.17) is 0 Å². The van der Waals surface area contributed by atoms with Gasteiger partial charge in [-0.2, -0.15) is 0 Å². The van der Waals surface area contributed by atoms with Crippen molar-refractivity contribution >= 4 is 16.6 Å². The molecular formula is C28H35NO3. The molecule has 0 saturated heterocycles. The van der Waals surface area contributed by atoms with Crippen LogP contribution in [0.3, 0.4) is 0 Å². The second kappa shape index (κ2) is 10.5. The molecule has 1 atom stereocenters. The third-order valence-corrected chi connectivity index (χ3v) is 7.36. The molecule has 2 aliphatic rings. The highest BCUT2D eigenvalue weighted by Crippen LogP contribution is 2.32. The van der Waals surface area contributed by atoms with Crippen LogP contribution in [0.15, 0.2) is 54.3 Å². The van der Waals surface area contributed by atoms with Crippen molar-refractivity contribution in [2.45, 2.75) is 70.3 Å². The fourth-order valence-electron chi connectivity index (χ4n) is 5.30. The Kier molecular flexibility index (Phi) is 7.54. The first kappa shape index (κ1) is 22.9. The number of fused-ring (bicyclic) bond motifs is 1. The molecule has 4 nitrogen and oxygen atoms in total. The van der Waals surface area contributed by atoms with E-state index in [9.17, 15) is 15.0 Å². The number of nitrogens with zero attached hydrogens (tertiary/aromatic N) is 1. The second-order valence-electron chi connectivity index (χ2n) is 9.53. The average Bonchev–Trinajstić information content (AvgIpc) is 2.84. The van der Waals surface area contributed by atoms with Crippen molar-refractivity contribution in [1.82, 2.24) is 4.98 Å².